The van der Waals surface area contributed by atoms with Gasteiger partial charge in [-0.15, -0.1) is 0 Å². The van der Waals surface area contributed by atoms with Crippen LogP contribution in [0.25, 0.3) is 0 Å². The van der Waals surface area contributed by atoms with E-state index < -0.39 is 24.6 Å². The summed E-state index contributed by atoms with van der Waals surface area (Å²) >= 11 is 0. The van der Waals surface area contributed by atoms with Crippen molar-refractivity contribution in [1.82, 2.24) is 0 Å². The van der Waals surface area contributed by atoms with Gasteiger partial charge >= 0.3 is 0 Å². The molecule has 33 heavy (non-hydrogen) atoms. The zero-order valence-electron chi connectivity index (χ0n) is 18.8. The lowest BCUT2D eigenvalue weighted by Crippen LogP contribution is -2.55. The van der Waals surface area contributed by atoms with Crippen LogP contribution >= 0.6 is 0 Å². The van der Waals surface area contributed by atoms with Gasteiger partial charge in [-0.3, -0.25) is 0 Å². The smallest absolute Gasteiger partial charge is 0.228 e. The van der Waals surface area contributed by atoms with Crippen LogP contribution in [0.5, 0.6) is 0 Å². The van der Waals surface area contributed by atoms with Crippen LogP contribution in [0.4, 0.5) is 0 Å². The molecule has 0 aliphatic carbocycles. The first-order valence-electron chi connectivity index (χ1n) is 11.1. The molecule has 1 aliphatic rings. The van der Waals surface area contributed by atoms with Gasteiger partial charge in [0.05, 0.1) is 19.8 Å². The second kappa shape index (κ2) is 11.8. The first kappa shape index (κ1) is 23.2. The number of hydrogen-bond acceptors (Lipinski definition) is 5. The Morgan fingerprint density at radius 3 is 1.52 bits per heavy atom. The second-order valence-electron chi connectivity index (χ2n) is 7.93. The largest absolute Gasteiger partial charge is 0.464 e. The minimum Gasteiger partial charge on any atom is -0.464 e. The molecule has 1 saturated heterocycles. The molecule has 5 heteroatoms. The summed E-state index contributed by atoms with van der Waals surface area (Å²) in [6.45, 7) is 5.32. The van der Waals surface area contributed by atoms with E-state index in [-0.39, 0.29) is 0 Å². The first-order chi connectivity index (χ1) is 16.2. The molecule has 0 spiro atoms. The first-order valence-corrected chi connectivity index (χ1v) is 11.1. The molecule has 0 unspecified atom stereocenters. The molecule has 0 amide bonds. The fraction of sp³-hybridized carbons (Fsp3) is 0.286. The Labute approximate surface area is 195 Å². The third kappa shape index (κ3) is 6.30. The molecule has 0 N–H and O–H groups in total. The van der Waals surface area contributed by atoms with Crippen LogP contribution in [-0.4, -0.2) is 31.7 Å². The normalized spacial score (nSPS) is 22.6. The molecule has 3 aromatic carbocycles. The van der Waals surface area contributed by atoms with Crippen LogP contribution in [0.15, 0.2) is 103 Å². The Morgan fingerprint density at radius 2 is 1.06 bits per heavy atom. The van der Waals surface area contributed by atoms with E-state index in [1.54, 1.807) is 7.11 Å². The molecule has 0 bridgehead atoms. The Morgan fingerprint density at radius 1 is 0.636 bits per heavy atom. The lowest BCUT2D eigenvalue weighted by Gasteiger charge is -2.42. The van der Waals surface area contributed by atoms with Gasteiger partial charge < -0.3 is 23.7 Å². The highest BCUT2D eigenvalue weighted by Crippen LogP contribution is 2.32. The predicted molar refractivity (Wildman–Crippen MR) is 126 cm³/mol. The van der Waals surface area contributed by atoms with Gasteiger partial charge in [-0.1, -0.05) is 97.6 Å². The topological polar surface area (TPSA) is 46.2 Å². The molecule has 1 heterocycles. The monoisotopic (exact) mass is 446 g/mol. The summed E-state index contributed by atoms with van der Waals surface area (Å²) in [5, 5.41) is 0. The van der Waals surface area contributed by atoms with E-state index in [4.69, 9.17) is 23.7 Å². The van der Waals surface area contributed by atoms with Crippen LogP contribution in [0.2, 0.25) is 0 Å². The number of rotatable bonds is 10. The molecule has 1 aliphatic heterocycles. The summed E-state index contributed by atoms with van der Waals surface area (Å²) in [5.41, 5.74) is 3.18. The highest BCUT2D eigenvalue weighted by molar-refractivity contribution is 5.16. The Hall–Kier alpha value is -2.96. The minimum absolute atomic E-state index is 0.401. The zero-order chi connectivity index (χ0) is 22.9. The van der Waals surface area contributed by atoms with Crippen molar-refractivity contribution in [2.75, 3.05) is 7.11 Å². The van der Waals surface area contributed by atoms with Crippen LogP contribution in [-0.2, 0) is 43.5 Å². The zero-order valence-corrected chi connectivity index (χ0v) is 18.8. The van der Waals surface area contributed by atoms with Crippen molar-refractivity contribution in [2.24, 2.45) is 0 Å². The minimum atomic E-state index is -0.654. The van der Waals surface area contributed by atoms with Crippen molar-refractivity contribution in [1.29, 1.82) is 0 Å². The number of ether oxygens (including phenoxy) is 5. The standard InChI is InChI=1S/C28H30O5/c1-21-25(30-18-22-12-6-3-7-13-22)26(31-19-23-14-8-4-9-15-23)27(28(29-2)33-21)32-20-24-16-10-5-11-17-24/h3-17,25-28H,1,18-20H2,2H3/t25-,26+,27+,28+/m1/s1. The number of benzene rings is 3. The maximum Gasteiger partial charge on any atom is 0.228 e. The summed E-state index contributed by atoms with van der Waals surface area (Å²) in [6.07, 6.45) is -2.14. The number of methoxy groups -OCH3 is 1. The average molecular weight is 447 g/mol. The van der Waals surface area contributed by atoms with E-state index in [9.17, 15) is 0 Å². The van der Waals surface area contributed by atoms with Gasteiger partial charge in [-0.05, 0) is 16.7 Å². The van der Waals surface area contributed by atoms with Crippen molar-refractivity contribution < 1.29 is 23.7 Å². The molecule has 0 saturated carbocycles. The van der Waals surface area contributed by atoms with Crippen molar-refractivity contribution in [3.63, 3.8) is 0 Å². The van der Waals surface area contributed by atoms with Gasteiger partial charge in [0.25, 0.3) is 0 Å². The van der Waals surface area contributed by atoms with Crippen LogP contribution in [0.3, 0.4) is 0 Å². The van der Waals surface area contributed by atoms with Crippen LogP contribution < -0.4 is 0 Å². The molecule has 3 aromatic rings. The highest BCUT2D eigenvalue weighted by Gasteiger charge is 2.46. The van der Waals surface area contributed by atoms with E-state index in [1.807, 2.05) is 91.0 Å². The molecule has 0 radical (unpaired) electrons. The van der Waals surface area contributed by atoms with Crippen molar-refractivity contribution in [3.8, 4) is 0 Å². The quantitative estimate of drug-likeness (QED) is 0.425. The van der Waals surface area contributed by atoms with Crippen molar-refractivity contribution in [2.45, 2.75) is 44.4 Å². The maximum absolute atomic E-state index is 6.40. The van der Waals surface area contributed by atoms with E-state index in [0.717, 1.165) is 16.7 Å². The summed E-state index contributed by atoms with van der Waals surface area (Å²) in [6, 6.07) is 30.0. The molecule has 4 atom stereocenters. The van der Waals surface area contributed by atoms with Gasteiger partial charge in [-0.25, -0.2) is 0 Å². The fourth-order valence-electron chi connectivity index (χ4n) is 3.81. The Kier molecular flexibility index (Phi) is 8.28. The van der Waals surface area contributed by atoms with E-state index in [2.05, 4.69) is 6.58 Å². The van der Waals surface area contributed by atoms with E-state index in [0.29, 0.717) is 25.6 Å². The SMILES string of the molecule is C=C1O[C@H](OC)[C@@H](OCc2ccccc2)[C@@H](OCc2ccccc2)[C@@H]1OCc1ccccc1. The third-order valence-electron chi connectivity index (χ3n) is 5.55. The van der Waals surface area contributed by atoms with Gasteiger partial charge in [-0.2, -0.15) is 0 Å². The molecular formula is C28H30O5. The Balaban J connectivity index is 1.54. The van der Waals surface area contributed by atoms with E-state index >= 15 is 0 Å². The van der Waals surface area contributed by atoms with E-state index in [1.165, 1.54) is 0 Å². The summed E-state index contributed by atoms with van der Waals surface area (Å²) in [4.78, 5) is 0. The van der Waals surface area contributed by atoms with Crippen molar-refractivity contribution >= 4 is 0 Å². The highest BCUT2D eigenvalue weighted by atomic mass is 16.7. The molecule has 0 aromatic heterocycles. The summed E-state index contributed by atoms with van der Waals surface area (Å²) in [5.74, 6) is 0.468. The molecule has 172 valence electrons. The van der Waals surface area contributed by atoms with Gasteiger partial charge in [0, 0.05) is 7.11 Å². The molecule has 1 fully saturated rings. The van der Waals surface area contributed by atoms with Crippen LogP contribution in [0, 0.1) is 0 Å². The predicted octanol–water partition coefficient (Wildman–Crippen LogP) is 5.26. The maximum atomic E-state index is 6.40. The summed E-state index contributed by atoms with van der Waals surface area (Å²) < 4.78 is 30.6. The average Bonchev–Trinajstić information content (AvgIpc) is 2.87. The summed E-state index contributed by atoms with van der Waals surface area (Å²) in [7, 11) is 1.59. The lowest BCUT2D eigenvalue weighted by atomic mass is 10.0. The van der Waals surface area contributed by atoms with Gasteiger partial charge in [0.2, 0.25) is 6.29 Å². The Bertz CT molecular complexity index is 977. The molecular weight excluding hydrogens is 416 g/mol. The molecule has 4 rings (SSSR count). The van der Waals surface area contributed by atoms with Crippen molar-refractivity contribution in [3.05, 3.63) is 120 Å². The van der Waals surface area contributed by atoms with Gasteiger partial charge in [0.15, 0.2) is 0 Å². The number of hydrogen-bond donors (Lipinski definition) is 0. The second-order valence-corrected chi connectivity index (χ2v) is 7.93. The third-order valence-corrected chi connectivity index (χ3v) is 5.55. The molecule has 5 nitrogen and oxygen atoms in total. The lowest BCUT2D eigenvalue weighted by molar-refractivity contribution is -0.270. The van der Waals surface area contributed by atoms with Gasteiger partial charge in [0.1, 0.15) is 24.1 Å². The fourth-order valence-corrected chi connectivity index (χ4v) is 3.81. The van der Waals surface area contributed by atoms with Crippen LogP contribution in [0.1, 0.15) is 16.7 Å².